The number of carbonyl (C=O) groups excluding carboxylic acids is 1. The number of aliphatic carboxylic acids is 1. The molecule has 0 spiro atoms. The summed E-state index contributed by atoms with van der Waals surface area (Å²) in [6.07, 6.45) is 2.23. The molecule has 0 aromatic carbocycles. The summed E-state index contributed by atoms with van der Waals surface area (Å²) in [6.45, 7) is 7.09. The Morgan fingerprint density at radius 2 is 2.05 bits per heavy atom. The molecule has 116 valence electrons. The van der Waals surface area contributed by atoms with Crippen LogP contribution in [0.3, 0.4) is 0 Å². The number of amides is 2. The van der Waals surface area contributed by atoms with E-state index in [4.69, 9.17) is 0 Å². The van der Waals surface area contributed by atoms with Gasteiger partial charge in [-0.25, -0.2) is 9.59 Å². The minimum atomic E-state index is -1.00. The van der Waals surface area contributed by atoms with E-state index in [1.54, 1.807) is 32.7 Å². The number of urea groups is 1. The lowest BCUT2D eigenvalue weighted by atomic mass is 9.87. The first kappa shape index (κ1) is 16.8. The lowest BCUT2D eigenvalue weighted by Crippen LogP contribution is -2.54. The predicted molar refractivity (Wildman–Crippen MR) is 77.7 cm³/mol. The summed E-state index contributed by atoms with van der Waals surface area (Å²) in [7, 11) is 3.77. The van der Waals surface area contributed by atoms with Gasteiger partial charge >= 0.3 is 12.0 Å². The third-order valence-electron chi connectivity index (χ3n) is 3.88. The molecule has 1 heterocycles. The van der Waals surface area contributed by atoms with Gasteiger partial charge in [-0.2, -0.15) is 0 Å². The smallest absolute Gasteiger partial charge is 0.326 e. The van der Waals surface area contributed by atoms with Crippen LogP contribution < -0.4 is 5.32 Å². The monoisotopic (exact) mass is 285 g/mol. The van der Waals surface area contributed by atoms with E-state index in [-0.39, 0.29) is 6.03 Å². The Hall–Kier alpha value is -1.30. The largest absolute Gasteiger partial charge is 0.480 e. The molecule has 0 aromatic rings. The van der Waals surface area contributed by atoms with Crippen LogP contribution in [-0.4, -0.2) is 66.2 Å². The average Bonchev–Trinajstić information content (AvgIpc) is 2.69. The molecule has 0 radical (unpaired) electrons. The van der Waals surface area contributed by atoms with E-state index >= 15 is 0 Å². The van der Waals surface area contributed by atoms with Gasteiger partial charge in [-0.15, -0.1) is 0 Å². The van der Waals surface area contributed by atoms with Crippen LogP contribution in [0.15, 0.2) is 0 Å². The van der Waals surface area contributed by atoms with Crippen molar-refractivity contribution in [2.75, 3.05) is 27.2 Å². The summed E-state index contributed by atoms with van der Waals surface area (Å²) >= 11 is 0. The molecule has 2 atom stereocenters. The van der Waals surface area contributed by atoms with Gasteiger partial charge in [0, 0.05) is 19.6 Å². The zero-order valence-corrected chi connectivity index (χ0v) is 13.1. The Bertz CT molecular complexity index is 365. The summed E-state index contributed by atoms with van der Waals surface area (Å²) < 4.78 is 0. The third-order valence-corrected chi connectivity index (χ3v) is 3.88. The first-order valence-corrected chi connectivity index (χ1v) is 7.07. The van der Waals surface area contributed by atoms with Gasteiger partial charge in [0.25, 0.3) is 0 Å². The number of hydrogen-bond acceptors (Lipinski definition) is 3. The highest BCUT2D eigenvalue weighted by Crippen LogP contribution is 2.20. The summed E-state index contributed by atoms with van der Waals surface area (Å²) in [5, 5.41) is 11.8. The van der Waals surface area contributed by atoms with Gasteiger partial charge in [-0.3, -0.25) is 0 Å². The van der Waals surface area contributed by atoms with Crippen molar-refractivity contribution in [2.45, 2.75) is 45.7 Å². The van der Waals surface area contributed by atoms with Gasteiger partial charge in [0.05, 0.1) is 0 Å². The van der Waals surface area contributed by atoms with E-state index in [0.29, 0.717) is 12.6 Å². The molecule has 1 aliphatic rings. The van der Waals surface area contributed by atoms with Gasteiger partial charge in [-0.05, 0) is 31.8 Å². The Morgan fingerprint density at radius 1 is 1.45 bits per heavy atom. The number of nitrogens with one attached hydrogen (secondary N) is 1. The fourth-order valence-electron chi connectivity index (χ4n) is 2.49. The molecule has 20 heavy (non-hydrogen) atoms. The molecule has 6 nitrogen and oxygen atoms in total. The predicted octanol–water partition coefficient (Wildman–Crippen LogP) is 1.22. The molecule has 0 aliphatic carbocycles. The second-order valence-corrected chi connectivity index (χ2v) is 6.74. The Kier molecular flexibility index (Phi) is 5.39. The van der Waals surface area contributed by atoms with Crippen molar-refractivity contribution in [3.05, 3.63) is 0 Å². The van der Waals surface area contributed by atoms with Crippen molar-refractivity contribution in [2.24, 2.45) is 5.41 Å². The molecule has 1 rings (SSSR count). The number of rotatable bonds is 4. The highest BCUT2D eigenvalue weighted by molar-refractivity contribution is 5.83. The molecule has 0 saturated carbocycles. The molecular formula is C14H27N3O3. The number of carbonyl (C=O) groups is 2. The second-order valence-electron chi connectivity index (χ2n) is 6.74. The minimum Gasteiger partial charge on any atom is -0.480 e. The first-order valence-electron chi connectivity index (χ1n) is 7.07. The fraction of sp³-hybridized carbons (Fsp3) is 0.857. The fourth-order valence-corrected chi connectivity index (χ4v) is 2.49. The summed E-state index contributed by atoms with van der Waals surface area (Å²) in [5.74, 6) is -1.00. The van der Waals surface area contributed by atoms with Crippen molar-refractivity contribution in [3.8, 4) is 0 Å². The maximum absolute atomic E-state index is 12.1. The Morgan fingerprint density at radius 3 is 2.45 bits per heavy atom. The molecule has 2 amide bonds. The first-order chi connectivity index (χ1) is 9.12. The Balaban J connectivity index is 2.58. The van der Waals surface area contributed by atoms with E-state index < -0.39 is 17.4 Å². The number of nitrogens with zero attached hydrogens (tertiary/aromatic N) is 2. The van der Waals surface area contributed by atoms with Crippen molar-refractivity contribution in [1.29, 1.82) is 0 Å². The van der Waals surface area contributed by atoms with Crippen LogP contribution in [0.4, 0.5) is 4.79 Å². The summed E-state index contributed by atoms with van der Waals surface area (Å²) in [6, 6.07) is -0.852. The maximum Gasteiger partial charge on any atom is 0.326 e. The molecule has 6 heteroatoms. The molecule has 0 aromatic heterocycles. The Labute approximate surface area is 121 Å². The van der Waals surface area contributed by atoms with Gasteiger partial charge in [0.15, 0.2) is 0 Å². The van der Waals surface area contributed by atoms with Crippen molar-refractivity contribution < 1.29 is 14.7 Å². The molecule has 1 aliphatic heterocycles. The SMILES string of the molecule is CN(CC1CCCN1C)C(=O)N[C@@H](C(=O)O)C(C)(C)C. The quantitative estimate of drug-likeness (QED) is 0.814. The van der Waals surface area contributed by atoms with E-state index in [2.05, 4.69) is 17.3 Å². The lowest BCUT2D eigenvalue weighted by molar-refractivity contribution is -0.142. The molecular weight excluding hydrogens is 258 g/mol. The van der Waals surface area contributed by atoms with E-state index in [1.165, 1.54) is 0 Å². The van der Waals surface area contributed by atoms with E-state index in [1.807, 2.05) is 0 Å². The van der Waals surface area contributed by atoms with E-state index in [0.717, 1.165) is 19.4 Å². The normalized spacial score (nSPS) is 21.6. The molecule has 1 unspecified atom stereocenters. The standard InChI is InChI=1S/C14H27N3O3/c1-14(2,3)11(12(18)19)15-13(20)17(5)9-10-7-6-8-16(10)4/h10-11H,6-9H2,1-5H3,(H,15,20)(H,18,19)/t10?,11-/m0/s1. The maximum atomic E-state index is 12.1. The highest BCUT2D eigenvalue weighted by atomic mass is 16.4. The number of carboxylic acid groups (broad SMARTS) is 1. The van der Waals surface area contributed by atoms with Gasteiger partial charge in [0.2, 0.25) is 0 Å². The van der Waals surface area contributed by atoms with Crippen LogP contribution in [0.2, 0.25) is 0 Å². The minimum absolute atomic E-state index is 0.326. The zero-order valence-electron chi connectivity index (χ0n) is 13.1. The van der Waals surface area contributed by atoms with Crippen LogP contribution in [0.25, 0.3) is 0 Å². The number of carboxylic acids is 1. The molecule has 1 saturated heterocycles. The van der Waals surface area contributed by atoms with Crippen molar-refractivity contribution in [3.63, 3.8) is 0 Å². The van der Waals surface area contributed by atoms with Crippen LogP contribution in [0, 0.1) is 5.41 Å². The van der Waals surface area contributed by atoms with Gasteiger partial charge < -0.3 is 20.2 Å². The molecule has 1 fully saturated rings. The van der Waals surface area contributed by atoms with Gasteiger partial charge in [-0.1, -0.05) is 20.8 Å². The van der Waals surface area contributed by atoms with Crippen LogP contribution in [0.1, 0.15) is 33.6 Å². The third kappa shape index (κ3) is 4.37. The average molecular weight is 285 g/mol. The van der Waals surface area contributed by atoms with E-state index in [9.17, 15) is 14.7 Å². The lowest BCUT2D eigenvalue weighted by Gasteiger charge is -2.31. The summed E-state index contributed by atoms with van der Waals surface area (Å²) in [5.41, 5.74) is -0.521. The zero-order chi connectivity index (χ0) is 15.5. The second kappa shape index (κ2) is 6.43. The number of likely N-dealkylation sites (tertiary alicyclic amines) is 1. The topological polar surface area (TPSA) is 72.9 Å². The van der Waals surface area contributed by atoms with Crippen molar-refractivity contribution in [1.82, 2.24) is 15.1 Å². The highest BCUT2D eigenvalue weighted by Gasteiger charge is 2.34. The number of hydrogen-bond donors (Lipinski definition) is 2. The number of likely N-dealkylation sites (N-methyl/N-ethyl adjacent to an activating group) is 2. The van der Waals surface area contributed by atoms with Crippen molar-refractivity contribution >= 4 is 12.0 Å². The van der Waals surface area contributed by atoms with Crippen LogP contribution >= 0.6 is 0 Å². The van der Waals surface area contributed by atoms with Crippen LogP contribution in [-0.2, 0) is 4.79 Å². The summed E-state index contributed by atoms with van der Waals surface area (Å²) in [4.78, 5) is 27.2. The van der Waals surface area contributed by atoms with Crippen LogP contribution in [0.5, 0.6) is 0 Å². The molecule has 0 bridgehead atoms. The molecule has 2 N–H and O–H groups in total. The van der Waals surface area contributed by atoms with Gasteiger partial charge in [0.1, 0.15) is 6.04 Å².